The fourth-order valence-electron chi connectivity index (χ4n) is 2.69. The van der Waals surface area contributed by atoms with E-state index >= 15 is 0 Å². The van der Waals surface area contributed by atoms with Gasteiger partial charge in [-0.05, 0) is 18.6 Å². The zero-order chi connectivity index (χ0) is 16.2. The molecule has 0 unspecified atom stereocenters. The van der Waals surface area contributed by atoms with E-state index in [0.29, 0.717) is 0 Å². The first-order valence-corrected chi connectivity index (χ1v) is 9.00. The highest BCUT2D eigenvalue weighted by atomic mass is 32.1. The summed E-state index contributed by atoms with van der Waals surface area (Å²) in [5.74, 6) is 1.10. The number of methoxy groups -OCH3 is 1. The van der Waals surface area contributed by atoms with Crippen LogP contribution in [0.5, 0.6) is 5.75 Å². The lowest BCUT2D eigenvalue weighted by molar-refractivity contribution is -0.125. The minimum Gasteiger partial charge on any atom is -0.497 e. The summed E-state index contributed by atoms with van der Waals surface area (Å²) in [5.41, 5.74) is 0.955. The van der Waals surface area contributed by atoms with Crippen molar-refractivity contribution in [3.63, 3.8) is 0 Å². The van der Waals surface area contributed by atoms with Crippen molar-refractivity contribution in [3.8, 4) is 5.75 Å². The van der Waals surface area contributed by atoms with E-state index in [1.54, 1.807) is 18.4 Å². The third-order valence-electron chi connectivity index (χ3n) is 4.19. The van der Waals surface area contributed by atoms with Crippen LogP contribution in [0.1, 0.15) is 26.2 Å². The first kappa shape index (κ1) is 16.1. The molecule has 124 valence electrons. The van der Waals surface area contributed by atoms with Gasteiger partial charge >= 0.3 is 0 Å². The third-order valence-corrected chi connectivity index (χ3v) is 5.28. The van der Waals surface area contributed by atoms with Gasteiger partial charge in [0.1, 0.15) is 5.75 Å². The van der Waals surface area contributed by atoms with Gasteiger partial charge in [0, 0.05) is 25.7 Å². The van der Waals surface area contributed by atoms with Gasteiger partial charge in [-0.3, -0.25) is 4.79 Å². The van der Waals surface area contributed by atoms with Crippen LogP contribution in [0.2, 0.25) is 0 Å². The van der Waals surface area contributed by atoms with E-state index in [1.165, 1.54) is 12.8 Å². The lowest BCUT2D eigenvalue weighted by atomic mass is 10.00. The molecule has 0 aliphatic carbocycles. The molecule has 0 atom stereocenters. The number of ether oxygens (including phenoxy) is 1. The number of anilines is 1. The molecule has 1 amide bonds. The fraction of sp³-hybridized carbons (Fsp3) is 0.529. The Bertz CT molecular complexity index is 680. The zero-order valence-electron chi connectivity index (χ0n) is 13.7. The Labute approximate surface area is 140 Å². The van der Waals surface area contributed by atoms with Gasteiger partial charge in [0.15, 0.2) is 5.13 Å². The molecule has 0 spiro atoms. The first-order chi connectivity index (χ1) is 11.2. The molecular weight excluding hydrogens is 310 g/mol. The molecule has 3 rings (SSSR count). The van der Waals surface area contributed by atoms with Crippen LogP contribution >= 0.6 is 11.3 Å². The monoisotopic (exact) mass is 333 g/mol. The average Bonchev–Trinajstić information content (AvgIpc) is 2.92. The molecule has 1 fully saturated rings. The van der Waals surface area contributed by atoms with Gasteiger partial charge in [0.05, 0.1) is 23.2 Å². The summed E-state index contributed by atoms with van der Waals surface area (Å²) in [6.45, 7) is 4.48. The molecule has 1 N–H and O–H groups in total. The Hall–Kier alpha value is -1.82. The highest BCUT2D eigenvalue weighted by Gasteiger charge is 2.34. The van der Waals surface area contributed by atoms with E-state index in [9.17, 15) is 4.79 Å². The van der Waals surface area contributed by atoms with Crippen LogP contribution in [0.15, 0.2) is 18.2 Å². The smallest absolute Gasteiger partial charge is 0.226 e. The standard InChI is InChI=1S/C17H23N3O2S/c1-3-4-5-8-18-16(21)12-10-20(11-12)17-19-14-9-13(22-2)6-7-15(14)23-17/h6-7,9,12H,3-5,8,10-11H2,1-2H3,(H,18,21). The van der Waals surface area contributed by atoms with Gasteiger partial charge in [-0.15, -0.1) is 0 Å². The number of nitrogens with one attached hydrogen (secondary N) is 1. The molecule has 1 aromatic heterocycles. The SMILES string of the molecule is CCCCCNC(=O)C1CN(c2nc3cc(OC)ccc3s2)C1. The van der Waals surface area contributed by atoms with Crippen LogP contribution in [0, 0.1) is 5.92 Å². The summed E-state index contributed by atoms with van der Waals surface area (Å²) in [6.07, 6.45) is 3.42. The van der Waals surface area contributed by atoms with Gasteiger partial charge < -0.3 is 15.0 Å². The fourth-order valence-corrected chi connectivity index (χ4v) is 3.65. The summed E-state index contributed by atoms with van der Waals surface area (Å²) in [4.78, 5) is 18.9. The highest BCUT2D eigenvalue weighted by Crippen LogP contribution is 2.34. The van der Waals surface area contributed by atoms with Crippen LogP contribution in [0.25, 0.3) is 10.2 Å². The summed E-state index contributed by atoms with van der Waals surface area (Å²) in [6, 6.07) is 5.94. The lowest BCUT2D eigenvalue weighted by Gasteiger charge is -2.37. The number of rotatable bonds is 7. The van der Waals surface area contributed by atoms with Crippen LogP contribution in [0.3, 0.4) is 0 Å². The Morgan fingerprint density at radius 1 is 1.43 bits per heavy atom. The molecule has 1 aromatic carbocycles. The number of benzene rings is 1. The predicted molar refractivity (Wildman–Crippen MR) is 94.4 cm³/mol. The normalized spacial score (nSPS) is 14.8. The maximum atomic E-state index is 12.0. The number of thiazole rings is 1. The van der Waals surface area contributed by atoms with Crippen molar-refractivity contribution in [2.45, 2.75) is 26.2 Å². The minimum absolute atomic E-state index is 0.0955. The van der Waals surface area contributed by atoms with Gasteiger partial charge in [-0.1, -0.05) is 31.1 Å². The molecule has 1 saturated heterocycles. The maximum Gasteiger partial charge on any atom is 0.226 e. The summed E-state index contributed by atoms with van der Waals surface area (Å²) in [5, 5.41) is 4.02. The topological polar surface area (TPSA) is 54.5 Å². The number of hydrogen-bond acceptors (Lipinski definition) is 5. The van der Waals surface area contributed by atoms with E-state index in [1.807, 2.05) is 18.2 Å². The molecule has 2 aromatic rings. The van der Waals surface area contributed by atoms with Gasteiger partial charge in [-0.2, -0.15) is 0 Å². The Morgan fingerprint density at radius 3 is 3.00 bits per heavy atom. The molecule has 0 bridgehead atoms. The molecular formula is C17H23N3O2S. The number of amides is 1. The van der Waals surface area contributed by atoms with E-state index in [2.05, 4.69) is 22.1 Å². The van der Waals surface area contributed by atoms with Crippen molar-refractivity contribution < 1.29 is 9.53 Å². The van der Waals surface area contributed by atoms with Crippen LogP contribution in [-0.4, -0.2) is 37.6 Å². The number of carbonyl (C=O) groups is 1. The Morgan fingerprint density at radius 2 is 2.26 bits per heavy atom. The van der Waals surface area contributed by atoms with E-state index in [0.717, 1.165) is 47.2 Å². The molecule has 6 heteroatoms. The molecule has 23 heavy (non-hydrogen) atoms. The van der Waals surface area contributed by atoms with Crippen molar-refractivity contribution >= 4 is 32.6 Å². The van der Waals surface area contributed by atoms with Crippen molar-refractivity contribution in [1.29, 1.82) is 0 Å². The molecule has 1 aliphatic heterocycles. The second-order valence-electron chi connectivity index (χ2n) is 5.93. The minimum atomic E-state index is 0.0955. The second kappa shape index (κ2) is 7.17. The van der Waals surface area contributed by atoms with Crippen molar-refractivity contribution in [2.24, 2.45) is 5.92 Å². The predicted octanol–water partition coefficient (Wildman–Crippen LogP) is 3.05. The summed E-state index contributed by atoms with van der Waals surface area (Å²) in [7, 11) is 1.66. The Balaban J connectivity index is 1.53. The molecule has 0 saturated carbocycles. The molecule has 5 nitrogen and oxygen atoms in total. The summed E-state index contributed by atoms with van der Waals surface area (Å²) < 4.78 is 6.38. The number of fused-ring (bicyclic) bond motifs is 1. The van der Waals surface area contributed by atoms with Crippen molar-refractivity contribution in [2.75, 3.05) is 31.6 Å². The van der Waals surface area contributed by atoms with Crippen molar-refractivity contribution in [3.05, 3.63) is 18.2 Å². The maximum absolute atomic E-state index is 12.0. The van der Waals surface area contributed by atoms with Gasteiger partial charge in [0.25, 0.3) is 0 Å². The quantitative estimate of drug-likeness (QED) is 0.791. The lowest BCUT2D eigenvalue weighted by Crippen LogP contribution is -2.53. The van der Waals surface area contributed by atoms with E-state index < -0.39 is 0 Å². The number of unbranched alkanes of at least 4 members (excludes halogenated alkanes) is 2. The number of nitrogens with zero attached hydrogens (tertiary/aromatic N) is 2. The third kappa shape index (κ3) is 3.58. The van der Waals surface area contributed by atoms with Gasteiger partial charge in [0.2, 0.25) is 5.91 Å². The van der Waals surface area contributed by atoms with Crippen molar-refractivity contribution in [1.82, 2.24) is 10.3 Å². The van der Waals surface area contributed by atoms with Gasteiger partial charge in [-0.25, -0.2) is 4.98 Å². The Kier molecular flexibility index (Phi) is 5.00. The molecule has 1 aliphatic rings. The van der Waals surface area contributed by atoms with Crippen LogP contribution in [0.4, 0.5) is 5.13 Å². The van der Waals surface area contributed by atoms with Crippen LogP contribution < -0.4 is 15.0 Å². The van der Waals surface area contributed by atoms with Crippen LogP contribution in [-0.2, 0) is 4.79 Å². The van der Waals surface area contributed by atoms with E-state index in [4.69, 9.17) is 4.74 Å². The number of carbonyl (C=O) groups excluding carboxylic acids is 1. The highest BCUT2D eigenvalue weighted by molar-refractivity contribution is 7.22. The average molecular weight is 333 g/mol. The van der Waals surface area contributed by atoms with E-state index in [-0.39, 0.29) is 11.8 Å². The molecule has 2 heterocycles. The summed E-state index contributed by atoms with van der Waals surface area (Å²) >= 11 is 1.67. The first-order valence-electron chi connectivity index (χ1n) is 8.18. The number of aromatic nitrogens is 1. The zero-order valence-corrected chi connectivity index (χ0v) is 14.5. The second-order valence-corrected chi connectivity index (χ2v) is 6.94. The molecule has 0 radical (unpaired) electrons. The largest absolute Gasteiger partial charge is 0.497 e. The number of hydrogen-bond donors (Lipinski definition) is 1.